The number of amides is 1. The molecule has 23 heavy (non-hydrogen) atoms. The Morgan fingerprint density at radius 1 is 1.43 bits per heavy atom. The summed E-state index contributed by atoms with van der Waals surface area (Å²) in [6, 6.07) is 9.92. The lowest BCUT2D eigenvalue weighted by Crippen LogP contribution is -2.43. The molecule has 0 aliphatic carbocycles. The summed E-state index contributed by atoms with van der Waals surface area (Å²) in [5, 5.41) is 0.810. The van der Waals surface area contributed by atoms with Gasteiger partial charge in [-0.2, -0.15) is 4.37 Å². The van der Waals surface area contributed by atoms with Crippen LogP contribution in [0.15, 0.2) is 30.3 Å². The summed E-state index contributed by atoms with van der Waals surface area (Å²) in [5.74, 6) is 0.691. The van der Waals surface area contributed by atoms with Gasteiger partial charge in [0, 0.05) is 24.5 Å². The summed E-state index contributed by atoms with van der Waals surface area (Å²) in [5.41, 5.74) is 3.68. The van der Waals surface area contributed by atoms with Crippen LogP contribution >= 0.6 is 11.5 Å². The Balaban J connectivity index is 1.68. The molecule has 0 spiro atoms. The standard InChI is InChI=1S/C16H20N4O2S/c1-2-22-18-15(21)13-9-6-10-20(13)16-17-14(19-23-16)11-12-7-4-3-5-8-12/h3-5,7-8,13H,2,6,9-11H2,1H3,(H,18,21)/t13-/m0/s1. The zero-order valence-electron chi connectivity index (χ0n) is 13.1. The van der Waals surface area contributed by atoms with Crippen LogP contribution in [0.3, 0.4) is 0 Å². The van der Waals surface area contributed by atoms with Crippen LogP contribution < -0.4 is 10.4 Å². The van der Waals surface area contributed by atoms with E-state index in [4.69, 9.17) is 4.84 Å². The lowest BCUT2D eigenvalue weighted by molar-refractivity contribution is -0.134. The maximum Gasteiger partial charge on any atom is 0.266 e. The average Bonchev–Trinajstić information content (AvgIpc) is 3.22. The first-order valence-corrected chi connectivity index (χ1v) is 8.60. The fourth-order valence-electron chi connectivity index (χ4n) is 2.69. The first kappa shape index (κ1) is 15.9. The maximum atomic E-state index is 12.2. The Labute approximate surface area is 139 Å². The van der Waals surface area contributed by atoms with Gasteiger partial charge in [-0.1, -0.05) is 30.3 Å². The molecule has 1 aromatic heterocycles. The van der Waals surface area contributed by atoms with E-state index in [1.54, 1.807) is 0 Å². The number of anilines is 1. The number of benzene rings is 1. The molecule has 1 atom stereocenters. The van der Waals surface area contributed by atoms with Crippen molar-refractivity contribution in [1.29, 1.82) is 0 Å². The van der Waals surface area contributed by atoms with E-state index in [9.17, 15) is 4.79 Å². The molecular formula is C16H20N4O2S. The average molecular weight is 332 g/mol. The molecule has 1 amide bonds. The number of hydrogen-bond donors (Lipinski definition) is 1. The molecule has 1 fully saturated rings. The molecule has 2 aromatic rings. The Morgan fingerprint density at radius 2 is 2.26 bits per heavy atom. The fourth-order valence-corrected chi connectivity index (χ4v) is 3.45. The van der Waals surface area contributed by atoms with Gasteiger partial charge in [-0.3, -0.25) is 9.63 Å². The minimum Gasteiger partial charge on any atom is -0.335 e. The number of hydroxylamine groups is 1. The van der Waals surface area contributed by atoms with E-state index in [1.165, 1.54) is 17.1 Å². The molecule has 0 unspecified atom stereocenters. The monoisotopic (exact) mass is 332 g/mol. The molecule has 0 radical (unpaired) electrons. The van der Waals surface area contributed by atoms with Crippen molar-refractivity contribution in [3.8, 4) is 0 Å². The summed E-state index contributed by atoms with van der Waals surface area (Å²) in [6.07, 6.45) is 2.49. The van der Waals surface area contributed by atoms with Crippen molar-refractivity contribution in [2.45, 2.75) is 32.2 Å². The van der Waals surface area contributed by atoms with Gasteiger partial charge in [0.25, 0.3) is 5.91 Å². The molecule has 122 valence electrons. The third kappa shape index (κ3) is 3.86. The fraction of sp³-hybridized carbons (Fsp3) is 0.438. The third-order valence-electron chi connectivity index (χ3n) is 3.78. The van der Waals surface area contributed by atoms with E-state index in [0.717, 1.165) is 30.3 Å². The highest BCUT2D eigenvalue weighted by Gasteiger charge is 2.33. The van der Waals surface area contributed by atoms with Crippen LogP contribution in [-0.4, -0.2) is 34.5 Å². The Kier molecular flexibility index (Phi) is 5.19. The van der Waals surface area contributed by atoms with Crippen molar-refractivity contribution in [3.63, 3.8) is 0 Å². The lowest BCUT2D eigenvalue weighted by atomic mass is 10.1. The zero-order chi connectivity index (χ0) is 16.1. The Morgan fingerprint density at radius 3 is 3.04 bits per heavy atom. The first-order chi connectivity index (χ1) is 11.3. The van der Waals surface area contributed by atoms with Gasteiger partial charge in [0.1, 0.15) is 11.9 Å². The van der Waals surface area contributed by atoms with Crippen molar-refractivity contribution in [2.24, 2.45) is 0 Å². The molecule has 1 aliphatic heterocycles. The van der Waals surface area contributed by atoms with E-state index in [0.29, 0.717) is 13.0 Å². The van der Waals surface area contributed by atoms with Gasteiger partial charge in [-0.05, 0) is 25.3 Å². The van der Waals surface area contributed by atoms with E-state index in [2.05, 4.69) is 27.0 Å². The normalized spacial score (nSPS) is 17.4. The van der Waals surface area contributed by atoms with Gasteiger partial charge in [0.05, 0.1) is 6.61 Å². The molecule has 1 N–H and O–H groups in total. The number of carbonyl (C=O) groups excluding carboxylic acids is 1. The molecule has 3 rings (SSSR count). The van der Waals surface area contributed by atoms with Crippen molar-refractivity contribution < 1.29 is 9.63 Å². The highest BCUT2D eigenvalue weighted by Crippen LogP contribution is 2.27. The second-order valence-electron chi connectivity index (χ2n) is 5.41. The number of carbonyl (C=O) groups is 1. The van der Waals surface area contributed by atoms with Crippen LogP contribution in [0.1, 0.15) is 31.2 Å². The summed E-state index contributed by atoms with van der Waals surface area (Å²) < 4.78 is 4.44. The molecule has 7 heteroatoms. The summed E-state index contributed by atoms with van der Waals surface area (Å²) in [6.45, 7) is 3.12. The van der Waals surface area contributed by atoms with Crippen molar-refractivity contribution in [3.05, 3.63) is 41.7 Å². The molecular weight excluding hydrogens is 312 g/mol. The number of hydrogen-bond acceptors (Lipinski definition) is 6. The predicted octanol–water partition coefficient (Wildman–Crippen LogP) is 2.17. The zero-order valence-corrected chi connectivity index (χ0v) is 13.9. The molecule has 0 saturated carbocycles. The number of aromatic nitrogens is 2. The Bertz CT molecular complexity index is 647. The van der Waals surface area contributed by atoms with Gasteiger partial charge in [-0.15, -0.1) is 0 Å². The molecule has 2 heterocycles. The van der Waals surface area contributed by atoms with Crippen LogP contribution in [0, 0.1) is 0 Å². The van der Waals surface area contributed by atoms with Gasteiger partial charge < -0.3 is 4.90 Å². The van der Waals surface area contributed by atoms with Crippen LogP contribution in [0.5, 0.6) is 0 Å². The van der Waals surface area contributed by atoms with Crippen molar-refractivity contribution >= 4 is 22.6 Å². The minimum atomic E-state index is -0.223. The van der Waals surface area contributed by atoms with Crippen LogP contribution in [0.2, 0.25) is 0 Å². The SMILES string of the molecule is CCONC(=O)[C@@H]1CCCN1c1nc(Cc2ccccc2)ns1. The minimum absolute atomic E-state index is 0.107. The van der Waals surface area contributed by atoms with E-state index < -0.39 is 0 Å². The summed E-state index contributed by atoms with van der Waals surface area (Å²) in [4.78, 5) is 23.8. The molecule has 0 bridgehead atoms. The second kappa shape index (κ2) is 7.52. The van der Waals surface area contributed by atoms with Gasteiger partial charge in [0.15, 0.2) is 0 Å². The lowest BCUT2D eigenvalue weighted by Gasteiger charge is -2.22. The highest BCUT2D eigenvalue weighted by atomic mass is 32.1. The topological polar surface area (TPSA) is 67.3 Å². The first-order valence-electron chi connectivity index (χ1n) is 7.82. The quantitative estimate of drug-likeness (QED) is 0.821. The Hall–Kier alpha value is -1.99. The number of nitrogens with one attached hydrogen (secondary N) is 1. The highest BCUT2D eigenvalue weighted by molar-refractivity contribution is 7.09. The molecule has 1 aliphatic rings. The number of rotatable bonds is 6. The van der Waals surface area contributed by atoms with Crippen molar-refractivity contribution in [2.75, 3.05) is 18.1 Å². The van der Waals surface area contributed by atoms with Crippen LogP contribution in [0.4, 0.5) is 5.13 Å². The maximum absolute atomic E-state index is 12.2. The van der Waals surface area contributed by atoms with E-state index in [1.807, 2.05) is 30.0 Å². The van der Waals surface area contributed by atoms with Gasteiger partial charge >= 0.3 is 0 Å². The van der Waals surface area contributed by atoms with Crippen LogP contribution in [0.25, 0.3) is 0 Å². The largest absolute Gasteiger partial charge is 0.335 e. The van der Waals surface area contributed by atoms with E-state index >= 15 is 0 Å². The third-order valence-corrected chi connectivity index (χ3v) is 4.57. The van der Waals surface area contributed by atoms with Crippen molar-refractivity contribution in [1.82, 2.24) is 14.8 Å². The van der Waals surface area contributed by atoms with Gasteiger partial charge in [-0.25, -0.2) is 10.5 Å². The smallest absolute Gasteiger partial charge is 0.266 e. The molecule has 1 saturated heterocycles. The van der Waals surface area contributed by atoms with E-state index in [-0.39, 0.29) is 11.9 Å². The second-order valence-corrected chi connectivity index (χ2v) is 6.14. The summed E-state index contributed by atoms with van der Waals surface area (Å²) >= 11 is 1.36. The molecule has 6 nitrogen and oxygen atoms in total. The van der Waals surface area contributed by atoms with Gasteiger partial charge in [0.2, 0.25) is 5.13 Å². The number of nitrogens with zero attached hydrogens (tertiary/aromatic N) is 3. The summed E-state index contributed by atoms with van der Waals surface area (Å²) in [7, 11) is 0. The predicted molar refractivity (Wildman–Crippen MR) is 89.3 cm³/mol. The molecule has 1 aromatic carbocycles. The van der Waals surface area contributed by atoms with Crippen LogP contribution in [-0.2, 0) is 16.1 Å².